The molecule has 2 bridgehead atoms. The number of anilines is 3. The third kappa shape index (κ3) is 6.46. The van der Waals surface area contributed by atoms with E-state index in [0.717, 1.165) is 52.1 Å². The summed E-state index contributed by atoms with van der Waals surface area (Å²) in [5.41, 5.74) is 7.83. The lowest BCUT2D eigenvalue weighted by Gasteiger charge is -2.34. The molecular weight excluding hydrogens is 556 g/mol. The van der Waals surface area contributed by atoms with Gasteiger partial charge in [0.15, 0.2) is 0 Å². The summed E-state index contributed by atoms with van der Waals surface area (Å²) in [7, 11) is 2.13. The molecule has 3 fully saturated rings. The summed E-state index contributed by atoms with van der Waals surface area (Å²) >= 11 is 0. The van der Waals surface area contributed by atoms with E-state index in [1.165, 1.54) is 6.33 Å². The maximum Gasteiger partial charge on any atom is 0.256 e. The first-order chi connectivity index (χ1) is 21.4. The molecule has 1 aliphatic carbocycles. The van der Waals surface area contributed by atoms with Crippen LogP contribution in [0.15, 0.2) is 67.1 Å². The number of amides is 2. The van der Waals surface area contributed by atoms with Crippen molar-refractivity contribution in [3.63, 3.8) is 0 Å². The number of likely N-dealkylation sites (N-methyl/N-ethyl adjacent to an activating group) is 1. The van der Waals surface area contributed by atoms with Crippen LogP contribution in [0.2, 0.25) is 0 Å². The number of carbonyl (C=O) groups excluding carboxylic acids is 2. The van der Waals surface area contributed by atoms with Gasteiger partial charge in [0.2, 0.25) is 5.91 Å². The first kappa shape index (κ1) is 29.4. The molecule has 2 amide bonds. The predicted octanol–water partition coefficient (Wildman–Crippen LogP) is 2.33. The molecule has 44 heavy (non-hydrogen) atoms. The van der Waals surface area contributed by atoms with Gasteiger partial charge in [-0.25, -0.2) is 15.0 Å². The molecule has 12 heteroatoms. The molecule has 3 unspecified atom stereocenters. The van der Waals surface area contributed by atoms with Crippen LogP contribution >= 0.6 is 0 Å². The monoisotopic (exact) mass is 594 g/mol. The number of nitrogens with two attached hydrogens (primary N) is 1. The lowest BCUT2D eigenvalue weighted by atomic mass is 10.0. The van der Waals surface area contributed by atoms with E-state index in [2.05, 4.69) is 42.4 Å². The minimum Gasteiger partial charge on any atom is -0.383 e. The zero-order valence-corrected chi connectivity index (χ0v) is 24.8. The van der Waals surface area contributed by atoms with Gasteiger partial charge in [-0.2, -0.15) is 0 Å². The Morgan fingerprint density at radius 2 is 1.80 bits per heavy atom. The molecule has 3 aliphatic rings. The standard InChI is InChI=1S/C32H38N10O2/c1-40-13-15-41(16-14-40)12-4-6-27(43)42-19-21-17-24(25(42)18-21)38-31-28(30(34)36-20-37-31)29(33)22-7-9-23(10-8-22)32(44)39-26-5-2-3-11-35-26/h2-11,20-21,24-25,33H,12-19H2,1H3,(H,35,39,44)(H3,34,36,37,38)/b6-4+,33-29?. The molecule has 2 aliphatic heterocycles. The predicted molar refractivity (Wildman–Crippen MR) is 170 cm³/mol. The summed E-state index contributed by atoms with van der Waals surface area (Å²) in [6, 6.07) is 12.0. The van der Waals surface area contributed by atoms with E-state index in [1.807, 2.05) is 11.0 Å². The molecule has 0 spiro atoms. The van der Waals surface area contributed by atoms with Gasteiger partial charge in [-0.05, 0) is 50.1 Å². The second-order valence-electron chi connectivity index (χ2n) is 11.8. The highest BCUT2D eigenvalue weighted by Crippen LogP contribution is 2.40. The van der Waals surface area contributed by atoms with Crippen molar-refractivity contribution in [3.8, 4) is 0 Å². The van der Waals surface area contributed by atoms with Crippen LogP contribution in [-0.4, -0.2) is 106 Å². The van der Waals surface area contributed by atoms with Crippen molar-refractivity contribution in [1.82, 2.24) is 29.7 Å². The van der Waals surface area contributed by atoms with Crippen molar-refractivity contribution >= 4 is 35.0 Å². The summed E-state index contributed by atoms with van der Waals surface area (Å²) in [4.78, 5) is 45.2. The van der Waals surface area contributed by atoms with Crippen molar-refractivity contribution in [3.05, 3.63) is 83.8 Å². The average Bonchev–Trinajstić information content (AvgIpc) is 3.63. The number of nitrogens with zero attached hydrogens (tertiary/aromatic N) is 6. The fourth-order valence-electron chi connectivity index (χ4n) is 6.35. The van der Waals surface area contributed by atoms with Gasteiger partial charge in [0.05, 0.1) is 17.3 Å². The normalized spacial score (nSPS) is 21.9. The molecule has 4 heterocycles. The van der Waals surface area contributed by atoms with Crippen LogP contribution in [0.5, 0.6) is 0 Å². The number of hydrogen-bond acceptors (Lipinski definition) is 10. The van der Waals surface area contributed by atoms with Gasteiger partial charge >= 0.3 is 0 Å². The van der Waals surface area contributed by atoms with E-state index in [9.17, 15) is 9.59 Å². The van der Waals surface area contributed by atoms with Gasteiger partial charge < -0.3 is 26.2 Å². The molecule has 2 aromatic heterocycles. The molecule has 1 aromatic carbocycles. The molecule has 0 radical (unpaired) electrons. The number of carbonyl (C=O) groups is 2. The van der Waals surface area contributed by atoms with Gasteiger partial charge in [0.1, 0.15) is 23.8 Å². The van der Waals surface area contributed by atoms with Crippen molar-refractivity contribution in [1.29, 1.82) is 5.41 Å². The van der Waals surface area contributed by atoms with Crippen molar-refractivity contribution < 1.29 is 9.59 Å². The molecule has 3 atom stereocenters. The van der Waals surface area contributed by atoms with Crippen LogP contribution in [0.4, 0.5) is 17.5 Å². The number of benzene rings is 1. The number of piperazine rings is 1. The van der Waals surface area contributed by atoms with Crippen molar-refractivity contribution in [2.24, 2.45) is 5.92 Å². The van der Waals surface area contributed by atoms with Crippen LogP contribution in [0.1, 0.15) is 34.3 Å². The maximum absolute atomic E-state index is 13.2. The van der Waals surface area contributed by atoms with E-state index in [-0.39, 0.29) is 35.4 Å². The van der Waals surface area contributed by atoms with E-state index in [0.29, 0.717) is 34.2 Å². The van der Waals surface area contributed by atoms with Crippen LogP contribution in [0.25, 0.3) is 0 Å². The minimum absolute atomic E-state index is 0.0118. The first-order valence-corrected chi connectivity index (χ1v) is 15.0. The van der Waals surface area contributed by atoms with E-state index >= 15 is 0 Å². The zero-order valence-electron chi connectivity index (χ0n) is 24.8. The number of likely N-dealkylation sites (tertiary alicyclic amines) is 1. The molecule has 5 N–H and O–H groups in total. The van der Waals surface area contributed by atoms with Gasteiger partial charge in [0, 0.05) is 68.7 Å². The smallest absolute Gasteiger partial charge is 0.256 e. The molecule has 1 saturated carbocycles. The Bertz CT molecular complexity index is 1540. The first-order valence-electron chi connectivity index (χ1n) is 15.0. The Hall–Kier alpha value is -4.68. The molecule has 12 nitrogen and oxygen atoms in total. The van der Waals surface area contributed by atoms with Gasteiger partial charge in [-0.15, -0.1) is 0 Å². The third-order valence-corrected chi connectivity index (χ3v) is 8.78. The van der Waals surface area contributed by atoms with E-state index < -0.39 is 0 Å². The quantitative estimate of drug-likeness (QED) is 0.216. The van der Waals surface area contributed by atoms with Gasteiger partial charge in [0.25, 0.3) is 5.91 Å². The lowest BCUT2D eigenvalue weighted by molar-refractivity contribution is -0.127. The highest BCUT2D eigenvalue weighted by molar-refractivity contribution is 6.16. The highest BCUT2D eigenvalue weighted by Gasteiger charge is 2.46. The molecule has 2 saturated heterocycles. The summed E-state index contributed by atoms with van der Waals surface area (Å²) in [6.45, 7) is 5.67. The number of rotatable bonds is 9. The Morgan fingerprint density at radius 3 is 2.52 bits per heavy atom. The van der Waals surface area contributed by atoms with E-state index in [4.69, 9.17) is 11.1 Å². The minimum atomic E-state index is -0.295. The average molecular weight is 595 g/mol. The Kier molecular flexibility index (Phi) is 8.62. The number of aromatic nitrogens is 3. The summed E-state index contributed by atoms with van der Waals surface area (Å²) < 4.78 is 0. The largest absolute Gasteiger partial charge is 0.383 e. The van der Waals surface area contributed by atoms with Gasteiger partial charge in [-0.3, -0.25) is 19.9 Å². The summed E-state index contributed by atoms with van der Waals surface area (Å²) in [5, 5.41) is 15.2. The second-order valence-corrected chi connectivity index (χ2v) is 11.8. The SMILES string of the molecule is CN1CCN(C/C=C/C(=O)N2CC3CC(Nc4ncnc(N)c4C(=N)c4ccc(C(=O)Nc5ccccn5)cc4)C2C3)CC1. The molecule has 3 aromatic rings. The molecule has 6 rings (SSSR count). The fraction of sp³-hybridized carbons (Fsp3) is 0.375. The number of hydrogen-bond donors (Lipinski definition) is 4. The van der Waals surface area contributed by atoms with E-state index in [1.54, 1.807) is 54.7 Å². The topological polar surface area (TPSA) is 156 Å². The van der Waals surface area contributed by atoms with Crippen molar-refractivity contribution in [2.45, 2.75) is 24.9 Å². The van der Waals surface area contributed by atoms with Crippen LogP contribution in [0.3, 0.4) is 0 Å². The fourth-order valence-corrected chi connectivity index (χ4v) is 6.35. The Labute approximate surface area is 256 Å². The number of piperidine rings is 1. The Balaban J connectivity index is 1.11. The maximum atomic E-state index is 13.2. The number of fused-ring (bicyclic) bond motifs is 2. The number of nitrogen functional groups attached to an aromatic ring is 1. The second kappa shape index (κ2) is 12.9. The zero-order chi connectivity index (χ0) is 30.6. The molecular formula is C32H38N10O2. The summed E-state index contributed by atoms with van der Waals surface area (Å²) in [5.74, 6) is 1.28. The van der Waals surface area contributed by atoms with Crippen LogP contribution in [0, 0.1) is 11.3 Å². The Morgan fingerprint density at radius 1 is 1.02 bits per heavy atom. The van der Waals surface area contributed by atoms with Crippen molar-refractivity contribution in [2.75, 3.05) is 62.7 Å². The summed E-state index contributed by atoms with van der Waals surface area (Å²) in [6.07, 6.45) is 8.55. The third-order valence-electron chi connectivity index (χ3n) is 8.78. The highest BCUT2D eigenvalue weighted by atomic mass is 16.2. The van der Waals surface area contributed by atoms with Gasteiger partial charge in [-0.1, -0.05) is 24.3 Å². The number of pyridine rings is 1. The van der Waals surface area contributed by atoms with Crippen LogP contribution in [-0.2, 0) is 4.79 Å². The lowest BCUT2D eigenvalue weighted by Crippen LogP contribution is -2.47. The molecule has 228 valence electrons. The van der Waals surface area contributed by atoms with Crippen LogP contribution < -0.4 is 16.4 Å². The number of nitrogens with one attached hydrogen (secondary N) is 3.